The molecule has 2 aliphatic carbocycles. The van der Waals surface area contributed by atoms with Gasteiger partial charge in [-0.2, -0.15) is 0 Å². The Morgan fingerprint density at radius 2 is 1.52 bits per heavy atom. The molecule has 7 nitrogen and oxygen atoms in total. The number of rotatable bonds is 4. The summed E-state index contributed by atoms with van der Waals surface area (Å²) in [5.74, 6) is -1.61. The minimum Gasteiger partial charge on any atom is -0.426 e. The van der Waals surface area contributed by atoms with Gasteiger partial charge in [0.05, 0.1) is 23.4 Å². The zero-order chi connectivity index (χ0) is 22.7. The lowest BCUT2D eigenvalue weighted by Crippen LogP contribution is -2.32. The average molecular weight is 442 g/mol. The molecule has 0 aromatic heterocycles. The first kappa shape index (κ1) is 19.9. The molecule has 1 saturated carbocycles. The van der Waals surface area contributed by atoms with Crippen LogP contribution < -0.4 is 14.5 Å². The fourth-order valence-electron chi connectivity index (χ4n) is 5.77. The molecule has 6 rings (SSSR count). The highest BCUT2D eigenvalue weighted by Crippen LogP contribution is 2.53. The number of nitrogens with zero attached hydrogens (tertiary/aromatic N) is 2. The molecule has 33 heavy (non-hydrogen) atoms. The fraction of sp³-hybridized carbons (Fsp3) is 0.308. The summed E-state index contributed by atoms with van der Waals surface area (Å²) >= 11 is 0. The Morgan fingerprint density at radius 3 is 2.21 bits per heavy atom. The molecule has 2 aliphatic heterocycles. The number of ether oxygens (including phenoxy) is 1. The standard InChI is InChI=1S/C26H22N2O5/c29-21-12-17(14-27(21)18-5-2-1-3-6-18)26(32)33-20-8-4-7-19(13-20)28-24(30)22-15-9-10-16(11-15)23(22)25(28)31/h1-10,13,15-17,22-23H,11-12,14H2/t15-,16+,17-,22+,23-/m1/s1. The number of hydrogen-bond donors (Lipinski definition) is 0. The molecular formula is C26H22N2O5. The first-order valence-electron chi connectivity index (χ1n) is 11.2. The van der Waals surface area contributed by atoms with Crippen molar-refractivity contribution in [3.8, 4) is 5.75 Å². The van der Waals surface area contributed by atoms with Crippen LogP contribution in [0.25, 0.3) is 0 Å². The van der Waals surface area contributed by atoms with Crippen LogP contribution in [0.15, 0.2) is 66.7 Å². The van der Waals surface area contributed by atoms with Crippen LogP contribution in [-0.2, 0) is 19.2 Å². The number of allylic oxidation sites excluding steroid dienone is 2. The van der Waals surface area contributed by atoms with Gasteiger partial charge in [0.25, 0.3) is 0 Å². The summed E-state index contributed by atoms with van der Waals surface area (Å²) in [4.78, 5) is 54.2. The summed E-state index contributed by atoms with van der Waals surface area (Å²) in [6.07, 6.45) is 5.06. The summed E-state index contributed by atoms with van der Waals surface area (Å²) in [6, 6.07) is 15.7. The second-order valence-corrected chi connectivity index (χ2v) is 9.17. The van der Waals surface area contributed by atoms with Crippen molar-refractivity contribution < 1.29 is 23.9 Å². The third-order valence-electron chi connectivity index (χ3n) is 7.29. The molecule has 3 amide bonds. The largest absolute Gasteiger partial charge is 0.426 e. The Kier molecular flexibility index (Phi) is 4.47. The van der Waals surface area contributed by atoms with E-state index in [0.29, 0.717) is 5.69 Å². The monoisotopic (exact) mass is 442 g/mol. The van der Waals surface area contributed by atoms with Crippen molar-refractivity contribution in [2.24, 2.45) is 29.6 Å². The number of carbonyl (C=O) groups excluding carboxylic acids is 4. The highest BCUT2D eigenvalue weighted by Gasteiger charge is 2.59. The SMILES string of the molecule is O=C(Oc1cccc(N2C(=O)[C@@H]3[C@H](C2=O)[C@H]2C=C[C@@H]3C2)c1)[C@@H]1CC(=O)N(c2ccccc2)C1. The highest BCUT2D eigenvalue weighted by atomic mass is 16.5. The molecule has 4 aliphatic rings. The molecule has 166 valence electrons. The van der Waals surface area contributed by atoms with E-state index in [2.05, 4.69) is 12.2 Å². The van der Waals surface area contributed by atoms with Crippen LogP contribution in [0.3, 0.4) is 0 Å². The van der Waals surface area contributed by atoms with Crippen LogP contribution in [0.5, 0.6) is 5.75 Å². The maximum Gasteiger partial charge on any atom is 0.316 e. The number of para-hydroxylation sites is 1. The van der Waals surface area contributed by atoms with Gasteiger partial charge in [-0.25, -0.2) is 4.90 Å². The predicted molar refractivity (Wildman–Crippen MR) is 119 cm³/mol. The van der Waals surface area contributed by atoms with E-state index < -0.39 is 11.9 Å². The van der Waals surface area contributed by atoms with Gasteiger partial charge < -0.3 is 9.64 Å². The topological polar surface area (TPSA) is 84.0 Å². The Hall–Kier alpha value is -3.74. The van der Waals surface area contributed by atoms with Crippen LogP contribution in [0, 0.1) is 29.6 Å². The van der Waals surface area contributed by atoms with E-state index in [1.807, 2.05) is 30.3 Å². The molecule has 2 aromatic carbocycles. The lowest BCUT2D eigenvalue weighted by atomic mass is 9.85. The number of benzene rings is 2. The summed E-state index contributed by atoms with van der Waals surface area (Å²) in [5.41, 5.74) is 1.16. The minimum atomic E-state index is -0.586. The van der Waals surface area contributed by atoms with Crippen LogP contribution >= 0.6 is 0 Å². The first-order valence-corrected chi connectivity index (χ1v) is 11.2. The van der Waals surface area contributed by atoms with E-state index in [1.165, 1.54) is 4.90 Å². The Morgan fingerprint density at radius 1 is 0.848 bits per heavy atom. The number of carbonyl (C=O) groups is 4. The summed E-state index contributed by atoms with van der Waals surface area (Å²) in [5, 5.41) is 0. The van der Waals surface area contributed by atoms with Gasteiger partial charge in [0, 0.05) is 24.7 Å². The molecule has 0 radical (unpaired) electrons. The van der Waals surface area contributed by atoms with Crippen LogP contribution in [0.1, 0.15) is 12.8 Å². The molecule has 0 N–H and O–H groups in total. The van der Waals surface area contributed by atoms with Gasteiger partial charge in [0.15, 0.2) is 0 Å². The van der Waals surface area contributed by atoms with Gasteiger partial charge >= 0.3 is 5.97 Å². The third-order valence-corrected chi connectivity index (χ3v) is 7.29. The van der Waals surface area contributed by atoms with E-state index in [-0.39, 0.29) is 60.1 Å². The van der Waals surface area contributed by atoms with Crippen molar-refractivity contribution in [1.82, 2.24) is 0 Å². The lowest BCUT2D eigenvalue weighted by Gasteiger charge is -2.18. The first-order chi connectivity index (χ1) is 16.0. The molecule has 3 fully saturated rings. The van der Waals surface area contributed by atoms with E-state index in [1.54, 1.807) is 29.2 Å². The molecule has 2 bridgehead atoms. The number of fused-ring (bicyclic) bond motifs is 5. The Balaban J connectivity index is 1.17. The summed E-state index contributed by atoms with van der Waals surface area (Å²) < 4.78 is 5.57. The maximum absolute atomic E-state index is 13.1. The van der Waals surface area contributed by atoms with E-state index in [9.17, 15) is 19.2 Å². The molecule has 7 heteroatoms. The number of imide groups is 1. The van der Waals surface area contributed by atoms with Crippen molar-refractivity contribution in [2.45, 2.75) is 12.8 Å². The maximum atomic E-state index is 13.1. The highest BCUT2D eigenvalue weighted by molar-refractivity contribution is 6.22. The quantitative estimate of drug-likeness (QED) is 0.315. The Labute approximate surface area is 190 Å². The van der Waals surface area contributed by atoms with Crippen LogP contribution in [0.2, 0.25) is 0 Å². The molecular weight excluding hydrogens is 420 g/mol. The summed E-state index contributed by atoms with van der Waals surface area (Å²) in [6.45, 7) is 0.254. The van der Waals surface area contributed by atoms with Gasteiger partial charge in [-0.15, -0.1) is 0 Å². The van der Waals surface area contributed by atoms with Crippen molar-refractivity contribution in [2.75, 3.05) is 16.3 Å². The predicted octanol–water partition coefficient (Wildman–Crippen LogP) is 2.96. The van der Waals surface area contributed by atoms with E-state index >= 15 is 0 Å². The number of esters is 1. The number of hydrogen-bond acceptors (Lipinski definition) is 5. The number of anilines is 2. The number of amides is 3. The van der Waals surface area contributed by atoms with Gasteiger partial charge in [-0.3, -0.25) is 19.2 Å². The van der Waals surface area contributed by atoms with Crippen molar-refractivity contribution in [3.05, 3.63) is 66.7 Å². The van der Waals surface area contributed by atoms with E-state index in [0.717, 1.165) is 12.1 Å². The van der Waals surface area contributed by atoms with Gasteiger partial charge in [0.2, 0.25) is 17.7 Å². The van der Waals surface area contributed by atoms with Crippen LogP contribution in [-0.4, -0.2) is 30.2 Å². The summed E-state index contributed by atoms with van der Waals surface area (Å²) in [7, 11) is 0. The average Bonchev–Trinajstić information content (AvgIpc) is 3.58. The molecule has 5 atom stereocenters. The van der Waals surface area contributed by atoms with Crippen molar-refractivity contribution in [1.29, 1.82) is 0 Å². The minimum absolute atomic E-state index is 0.0790. The van der Waals surface area contributed by atoms with Gasteiger partial charge in [-0.05, 0) is 42.5 Å². The second kappa shape index (κ2) is 7.40. The molecule has 0 spiro atoms. The normalized spacial score (nSPS) is 29.8. The van der Waals surface area contributed by atoms with E-state index in [4.69, 9.17) is 4.74 Å². The molecule has 2 saturated heterocycles. The molecule has 2 heterocycles. The lowest BCUT2D eigenvalue weighted by molar-refractivity contribution is -0.139. The molecule has 2 aromatic rings. The van der Waals surface area contributed by atoms with Crippen molar-refractivity contribution >= 4 is 35.1 Å². The zero-order valence-electron chi connectivity index (χ0n) is 17.8. The molecule has 0 unspecified atom stereocenters. The van der Waals surface area contributed by atoms with Crippen LogP contribution in [0.4, 0.5) is 11.4 Å². The Bertz CT molecular complexity index is 1180. The van der Waals surface area contributed by atoms with Crippen molar-refractivity contribution in [3.63, 3.8) is 0 Å². The third kappa shape index (κ3) is 3.10. The fourth-order valence-corrected chi connectivity index (χ4v) is 5.77. The van der Waals surface area contributed by atoms with Gasteiger partial charge in [-0.1, -0.05) is 36.4 Å². The van der Waals surface area contributed by atoms with Gasteiger partial charge in [0.1, 0.15) is 5.75 Å². The zero-order valence-corrected chi connectivity index (χ0v) is 17.8. The smallest absolute Gasteiger partial charge is 0.316 e. The second-order valence-electron chi connectivity index (χ2n) is 9.17.